The highest BCUT2D eigenvalue weighted by Crippen LogP contribution is 2.16. The summed E-state index contributed by atoms with van der Waals surface area (Å²) in [5.41, 5.74) is 7.49. The van der Waals surface area contributed by atoms with Crippen LogP contribution in [0.3, 0.4) is 0 Å². The van der Waals surface area contributed by atoms with Crippen LogP contribution in [0, 0.1) is 0 Å². The minimum atomic E-state index is -0.284. The first-order chi connectivity index (χ1) is 9.60. The number of rotatable bonds is 8. The van der Waals surface area contributed by atoms with E-state index in [-0.39, 0.29) is 11.4 Å². The highest BCUT2D eigenvalue weighted by Gasteiger charge is 2.26. The van der Waals surface area contributed by atoms with Crippen molar-refractivity contribution in [2.24, 2.45) is 5.73 Å². The molecule has 0 aromatic heterocycles. The molecule has 0 fully saturated rings. The van der Waals surface area contributed by atoms with Gasteiger partial charge in [-0.25, -0.2) is 0 Å². The molecule has 3 nitrogen and oxygen atoms in total. The molecule has 3 N–H and O–H groups in total. The van der Waals surface area contributed by atoms with Crippen molar-refractivity contribution in [3.8, 4) is 0 Å². The van der Waals surface area contributed by atoms with Gasteiger partial charge in [-0.3, -0.25) is 4.79 Å². The second-order valence-corrected chi connectivity index (χ2v) is 6.25. The summed E-state index contributed by atoms with van der Waals surface area (Å²) in [6, 6.07) is 7.85. The molecule has 0 spiro atoms. The van der Waals surface area contributed by atoms with E-state index < -0.39 is 0 Å². The monoisotopic (exact) mass is 294 g/mol. The zero-order valence-corrected chi connectivity index (χ0v) is 13.6. The van der Waals surface area contributed by atoms with Crippen LogP contribution in [0.15, 0.2) is 24.3 Å². The highest BCUT2D eigenvalue weighted by molar-refractivity contribution is 7.98. The molecule has 0 aliphatic heterocycles. The molecule has 1 aromatic rings. The van der Waals surface area contributed by atoms with E-state index in [1.165, 1.54) is 5.56 Å². The number of carbonyl (C=O) groups is 1. The third-order valence-corrected chi connectivity index (χ3v) is 4.76. The molecular weight excluding hydrogens is 268 g/mol. The lowest BCUT2D eigenvalue weighted by Crippen LogP contribution is -2.52. The van der Waals surface area contributed by atoms with Crippen molar-refractivity contribution in [2.75, 3.05) is 12.3 Å². The van der Waals surface area contributed by atoms with Gasteiger partial charge in [-0.2, -0.15) is 11.8 Å². The topological polar surface area (TPSA) is 55.1 Å². The van der Waals surface area contributed by atoms with Gasteiger partial charge in [0, 0.05) is 17.9 Å². The molecule has 1 rings (SSSR count). The number of nitrogens with one attached hydrogen (secondary N) is 1. The van der Waals surface area contributed by atoms with Crippen molar-refractivity contribution < 1.29 is 4.79 Å². The van der Waals surface area contributed by atoms with Gasteiger partial charge in [-0.05, 0) is 36.3 Å². The molecule has 0 aliphatic rings. The Morgan fingerprint density at radius 2 is 1.80 bits per heavy atom. The second kappa shape index (κ2) is 8.32. The van der Waals surface area contributed by atoms with Crippen molar-refractivity contribution >= 4 is 17.7 Å². The van der Waals surface area contributed by atoms with Gasteiger partial charge in [0.2, 0.25) is 0 Å². The Labute approximate surface area is 126 Å². The molecule has 0 heterocycles. The molecule has 112 valence electrons. The third kappa shape index (κ3) is 4.53. The number of hydrogen-bond donors (Lipinski definition) is 2. The van der Waals surface area contributed by atoms with Crippen molar-refractivity contribution in [1.82, 2.24) is 5.32 Å². The fourth-order valence-electron chi connectivity index (χ4n) is 2.05. The molecule has 0 radical (unpaired) electrons. The lowest BCUT2D eigenvalue weighted by molar-refractivity contribution is 0.0895. The number of hydrogen-bond acceptors (Lipinski definition) is 3. The summed E-state index contributed by atoms with van der Waals surface area (Å²) >= 11 is 1.88. The Morgan fingerprint density at radius 3 is 2.25 bits per heavy atom. The molecule has 0 saturated heterocycles. The Kier molecular flexibility index (Phi) is 7.10. The zero-order chi connectivity index (χ0) is 15.0. The van der Waals surface area contributed by atoms with Gasteiger partial charge in [0.15, 0.2) is 0 Å². The first kappa shape index (κ1) is 17.1. The lowest BCUT2D eigenvalue weighted by atomic mass is 9.92. The van der Waals surface area contributed by atoms with Gasteiger partial charge < -0.3 is 11.1 Å². The molecule has 0 aliphatic carbocycles. The summed E-state index contributed by atoms with van der Waals surface area (Å²) in [6.07, 6.45) is 1.69. The number of nitrogens with two attached hydrogens (primary N) is 1. The Hall–Kier alpha value is -1.00. The maximum absolute atomic E-state index is 12.3. The van der Waals surface area contributed by atoms with Gasteiger partial charge in [-0.15, -0.1) is 0 Å². The van der Waals surface area contributed by atoms with E-state index in [9.17, 15) is 4.79 Å². The number of benzene rings is 1. The maximum atomic E-state index is 12.3. The largest absolute Gasteiger partial charge is 0.345 e. The minimum Gasteiger partial charge on any atom is -0.345 e. The first-order valence-corrected chi connectivity index (χ1v) is 8.45. The van der Waals surface area contributed by atoms with E-state index in [1.54, 1.807) is 0 Å². The van der Waals surface area contributed by atoms with Gasteiger partial charge in [0.1, 0.15) is 0 Å². The molecule has 1 aromatic carbocycles. The van der Waals surface area contributed by atoms with Crippen LogP contribution in [0.2, 0.25) is 0 Å². The molecule has 4 heteroatoms. The SMILES string of the molecule is CCSCc1ccc(C(=O)NC(CC)(CC)CN)cc1. The van der Waals surface area contributed by atoms with E-state index in [0.29, 0.717) is 12.1 Å². The number of amides is 1. The lowest BCUT2D eigenvalue weighted by Gasteiger charge is -2.31. The summed E-state index contributed by atoms with van der Waals surface area (Å²) in [5, 5.41) is 3.09. The van der Waals surface area contributed by atoms with Crippen LogP contribution >= 0.6 is 11.8 Å². The molecule has 0 atom stereocenters. The minimum absolute atomic E-state index is 0.0335. The normalized spacial score (nSPS) is 11.4. The van der Waals surface area contributed by atoms with Crippen molar-refractivity contribution in [2.45, 2.75) is 44.9 Å². The molecular formula is C16H26N2OS. The molecule has 1 amide bonds. The standard InChI is InChI=1S/C16H26N2OS/c1-4-16(5-2,12-17)18-15(19)14-9-7-13(8-10-14)11-20-6-3/h7-10H,4-6,11-12,17H2,1-3H3,(H,18,19). The summed E-state index contributed by atoms with van der Waals surface area (Å²) in [4.78, 5) is 12.3. The second-order valence-electron chi connectivity index (χ2n) is 4.98. The summed E-state index contributed by atoms with van der Waals surface area (Å²) in [5.74, 6) is 2.07. The predicted molar refractivity (Wildman–Crippen MR) is 88.1 cm³/mol. The average Bonchev–Trinajstić information content (AvgIpc) is 2.51. The zero-order valence-electron chi connectivity index (χ0n) is 12.7. The number of thioether (sulfide) groups is 1. The van der Waals surface area contributed by atoms with Crippen LogP contribution < -0.4 is 11.1 Å². The van der Waals surface area contributed by atoms with E-state index in [1.807, 2.05) is 36.0 Å². The van der Waals surface area contributed by atoms with Crippen molar-refractivity contribution in [3.63, 3.8) is 0 Å². The third-order valence-electron chi connectivity index (χ3n) is 3.81. The summed E-state index contributed by atoms with van der Waals surface area (Å²) < 4.78 is 0. The van der Waals surface area contributed by atoms with Crippen LogP contribution in [0.1, 0.15) is 49.5 Å². The Morgan fingerprint density at radius 1 is 1.20 bits per heavy atom. The van der Waals surface area contributed by atoms with Gasteiger partial charge >= 0.3 is 0 Å². The van der Waals surface area contributed by atoms with Crippen LogP contribution in [-0.2, 0) is 5.75 Å². The van der Waals surface area contributed by atoms with Gasteiger partial charge in [0.25, 0.3) is 5.91 Å². The maximum Gasteiger partial charge on any atom is 0.251 e. The van der Waals surface area contributed by atoms with Crippen LogP contribution in [-0.4, -0.2) is 23.7 Å². The smallest absolute Gasteiger partial charge is 0.251 e. The Balaban J connectivity index is 2.72. The van der Waals surface area contributed by atoms with Crippen molar-refractivity contribution in [1.29, 1.82) is 0 Å². The van der Waals surface area contributed by atoms with Crippen LogP contribution in [0.25, 0.3) is 0 Å². The highest BCUT2D eigenvalue weighted by atomic mass is 32.2. The fraction of sp³-hybridized carbons (Fsp3) is 0.562. The average molecular weight is 294 g/mol. The molecule has 20 heavy (non-hydrogen) atoms. The predicted octanol–water partition coefficient (Wildman–Crippen LogP) is 3.19. The van der Waals surface area contributed by atoms with Crippen LogP contribution in [0.4, 0.5) is 0 Å². The summed E-state index contributed by atoms with van der Waals surface area (Å²) in [7, 11) is 0. The van der Waals surface area contributed by atoms with E-state index in [2.05, 4.69) is 26.1 Å². The van der Waals surface area contributed by atoms with Crippen LogP contribution in [0.5, 0.6) is 0 Å². The summed E-state index contributed by atoms with van der Waals surface area (Å²) in [6.45, 7) is 6.73. The van der Waals surface area contributed by atoms with E-state index in [4.69, 9.17) is 5.73 Å². The van der Waals surface area contributed by atoms with E-state index in [0.717, 1.165) is 24.3 Å². The van der Waals surface area contributed by atoms with E-state index >= 15 is 0 Å². The molecule has 0 saturated carbocycles. The quantitative estimate of drug-likeness (QED) is 0.774. The van der Waals surface area contributed by atoms with Gasteiger partial charge in [0.05, 0.1) is 5.54 Å². The first-order valence-electron chi connectivity index (χ1n) is 7.30. The van der Waals surface area contributed by atoms with Gasteiger partial charge in [-0.1, -0.05) is 32.9 Å². The van der Waals surface area contributed by atoms with Crippen molar-refractivity contribution in [3.05, 3.63) is 35.4 Å². The fourth-order valence-corrected chi connectivity index (χ4v) is 2.68. The molecule has 0 bridgehead atoms. The number of carbonyl (C=O) groups excluding carboxylic acids is 1. The molecule has 0 unspecified atom stereocenters. The Bertz CT molecular complexity index is 405.